The average Bonchev–Trinajstić information content (AvgIpc) is 2.97. The Bertz CT molecular complexity index is 843. The third kappa shape index (κ3) is 8.19. The van der Waals surface area contributed by atoms with Gasteiger partial charge in [0.2, 0.25) is 0 Å². The van der Waals surface area contributed by atoms with Crippen LogP contribution in [0.1, 0.15) is 25.7 Å². The molecule has 4 fully saturated rings. The Hall–Kier alpha value is -0.680. The first-order valence-electron chi connectivity index (χ1n) is 15.1. The molecule has 0 radical (unpaired) electrons. The number of hydrogen-bond donors (Lipinski definition) is 13. The minimum absolute atomic E-state index is 0.0426. The van der Waals surface area contributed by atoms with Gasteiger partial charge in [-0.05, 0) is 38.1 Å². The van der Waals surface area contributed by atoms with E-state index in [4.69, 9.17) is 41.9 Å². The van der Waals surface area contributed by atoms with Crippen molar-refractivity contribution >= 4 is 0 Å². The predicted octanol–water partition coefficient (Wildman–Crippen LogP) is -6.94. The van der Waals surface area contributed by atoms with E-state index in [1.807, 2.05) is 0 Å². The van der Waals surface area contributed by atoms with Crippen LogP contribution in [0.3, 0.4) is 0 Å². The van der Waals surface area contributed by atoms with Gasteiger partial charge < -0.3 is 88.3 Å². The fourth-order valence-corrected chi connectivity index (χ4v) is 6.44. The lowest BCUT2D eigenvalue weighted by molar-refractivity contribution is -0.317. The van der Waals surface area contributed by atoms with Crippen LogP contribution in [-0.2, 0) is 18.9 Å². The Morgan fingerprint density at radius 2 is 1.42 bits per heavy atom. The standard InChI is InChI=1S/C26H52N6O11/c27-5-17-16(36)4-15(31-6-10-1-11(28)2-10)25(40-17)42-23-13(29)3-14(32-12(7-33)8-34)24(22(23)39)43-26-21(38)19(30)20(37)18(9-35)41-26/h10-26,31-39H,1-9,27-30H2/t10?,11?,13-,14+,15+,16-,17+,18+,19-,20+,21+,22-,23+,24-,25+,26+/m0/s1. The monoisotopic (exact) mass is 624 g/mol. The molecule has 2 heterocycles. The molecule has 252 valence electrons. The van der Waals surface area contributed by atoms with Gasteiger partial charge >= 0.3 is 0 Å². The summed E-state index contributed by atoms with van der Waals surface area (Å²) < 4.78 is 24.0. The highest BCUT2D eigenvalue weighted by molar-refractivity contribution is 5.03. The lowest BCUT2D eigenvalue weighted by atomic mass is 9.80. The molecule has 0 aromatic heterocycles. The van der Waals surface area contributed by atoms with E-state index in [9.17, 15) is 35.7 Å². The van der Waals surface area contributed by atoms with Crippen molar-refractivity contribution in [3.8, 4) is 0 Å². The Morgan fingerprint density at radius 3 is 2.02 bits per heavy atom. The largest absolute Gasteiger partial charge is 0.395 e. The van der Waals surface area contributed by atoms with Gasteiger partial charge in [-0.2, -0.15) is 0 Å². The van der Waals surface area contributed by atoms with E-state index in [0.717, 1.165) is 12.8 Å². The Balaban J connectivity index is 1.52. The molecule has 0 aromatic rings. The number of nitrogens with one attached hydrogen (secondary N) is 2. The van der Waals surface area contributed by atoms with E-state index in [1.54, 1.807) is 0 Å². The molecule has 0 spiro atoms. The molecular formula is C26H52N6O11. The maximum absolute atomic E-state index is 11.6. The zero-order valence-electron chi connectivity index (χ0n) is 24.3. The van der Waals surface area contributed by atoms with Crippen molar-refractivity contribution < 1.29 is 54.7 Å². The molecule has 0 unspecified atom stereocenters. The summed E-state index contributed by atoms with van der Waals surface area (Å²) in [7, 11) is 0. The zero-order valence-corrected chi connectivity index (χ0v) is 24.3. The molecule has 0 bridgehead atoms. The fraction of sp³-hybridized carbons (Fsp3) is 1.00. The van der Waals surface area contributed by atoms with Gasteiger partial charge in [-0.1, -0.05) is 0 Å². The van der Waals surface area contributed by atoms with Crippen molar-refractivity contribution in [3.63, 3.8) is 0 Å². The average molecular weight is 625 g/mol. The second kappa shape index (κ2) is 15.7. The quantitative estimate of drug-likeness (QED) is 0.0905. The Labute approximate surface area is 250 Å². The van der Waals surface area contributed by atoms with Crippen molar-refractivity contribution in [2.24, 2.45) is 28.9 Å². The van der Waals surface area contributed by atoms with Gasteiger partial charge in [-0.15, -0.1) is 0 Å². The van der Waals surface area contributed by atoms with Crippen LogP contribution in [-0.4, -0.2) is 166 Å². The minimum atomic E-state index is -1.52. The summed E-state index contributed by atoms with van der Waals surface area (Å²) in [6.07, 6.45) is -9.50. The van der Waals surface area contributed by atoms with Gasteiger partial charge in [0.05, 0.1) is 50.2 Å². The maximum atomic E-state index is 11.6. The third-order valence-corrected chi connectivity index (χ3v) is 9.16. The van der Waals surface area contributed by atoms with Crippen LogP contribution in [0.25, 0.3) is 0 Å². The van der Waals surface area contributed by atoms with Gasteiger partial charge in [0.1, 0.15) is 36.6 Å². The van der Waals surface area contributed by atoms with E-state index in [0.29, 0.717) is 12.5 Å². The zero-order chi connectivity index (χ0) is 31.4. The Morgan fingerprint density at radius 1 is 0.767 bits per heavy atom. The molecule has 0 aromatic carbocycles. The molecular weight excluding hydrogens is 572 g/mol. The smallest absolute Gasteiger partial charge is 0.186 e. The highest BCUT2D eigenvalue weighted by Crippen LogP contribution is 2.32. The fourth-order valence-electron chi connectivity index (χ4n) is 6.44. The van der Waals surface area contributed by atoms with Gasteiger partial charge in [0.15, 0.2) is 12.6 Å². The van der Waals surface area contributed by atoms with Gasteiger partial charge in [-0.3, -0.25) is 0 Å². The number of nitrogens with two attached hydrogens (primary N) is 4. The molecule has 2 saturated heterocycles. The van der Waals surface area contributed by atoms with E-state index in [2.05, 4.69) is 10.6 Å². The second-order valence-electron chi connectivity index (χ2n) is 12.4. The van der Waals surface area contributed by atoms with Crippen LogP contribution in [0.15, 0.2) is 0 Å². The molecule has 4 aliphatic rings. The van der Waals surface area contributed by atoms with Crippen LogP contribution >= 0.6 is 0 Å². The van der Waals surface area contributed by atoms with E-state index in [1.165, 1.54) is 0 Å². The van der Waals surface area contributed by atoms with Crippen molar-refractivity contribution in [1.82, 2.24) is 10.6 Å². The first-order valence-corrected chi connectivity index (χ1v) is 15.1. The molecule has 43 heavy (non-hydrogen) atoms. The summed E-state index contributed by atoms with van der Waals surface area (Å²) in [6, 6.07) is -3.81. The second-order valence-corrected chi connectivity index (χ2v) is 12.4. The topological polar surface area (TPSA) is 307 Å². The SMILES string of the molecule is NC[C@H]1O[C@H](O[C@H]2[C@H](O)[C@@H](O[C@H]3O[C@H](CO)[C@@H](O)[C@H](N)[C@H]3O)[C@H](NC(CO)CO)C[C@@H]2N)[C@H](NCC2CC(N)C2)C[C@@H]1O. The molecule has 14 atom stereocenters. The summed E-state index contributed by atoms with van der Waals surface area (Å²) in [5, 5.41) is 78.6. The van der Waals surface area contributed by atoms with E-state index < -0.39 is 111 Å². The van der Waals surface area contributed by atoms with Gasteiger partial charge in [-0.25, -0.2) is 0 Å². The molecule has 2 saturated carbocycles. The predicted molar refractivity (Wildman–Crippen MR) is 150 cm³/mol. The van der Waals surface area contributed by atoms with Gasteiger partial charge in [0.25, 0.3) is 0 Å². The Kier molecular flexibility index (Phi) is 12.9. The molecule has 4 rings (SSSR count). The molecule has 2 aliphatic carbocycles. The number of hydrogen-bond acceptors (Lipinski definition) is 17. The number of aliphatic hydroxyl groups excluding tert-OH is 7. The normalized spacial score (nSPS) is 47.4. The van der Waals surface area contributed by atoms with Crippen LogP contribution in [0.5, 0.6) is 0 Å². The molecule has 17 heteroatoms. The highest BCUT2D eigenvalue weighted by atomic mass is 16.7. The molecule has 0 amide bonds. The molecule has 17 N–H and O–H groups in total. The van der Waals surface area contributed by atoms with Crippen molar-refractivity contribution in [2.75, 3.05) is 32.9 Å². The van der Waals surface area contributed by atoms with Crippen molar-refractivity contribution in [3.05, 3.63) is 0 Å². The number of rotatable bonds is 13. The lowest BCUT2D eigenvalue weighted by Crippen LogP contribution is -2.69. The minimum Gasteiger partial charge on any atom is -0.395 e. The van der Waals surface area contributed by atoms with Crippen LogP contribution in [0.2, 0.25) is 0 Å². The van der Waals surface area contributed by atoms with E-state index in [-0.39, 0.29) is 25.4 Å². The first-order chi connectivity index (χ1) is 20.5. The first kappa shape index (κ1) is 35.2. The van der Waals surface area contributed by atoms with Crippen molar-refractivity contribution in [1.29, 1.82) is 0 Å². The molecule has 17 nitrogen and oxygen atoms in total. The summed E-state index contributed by atoms with van der Waals surface area (Å²) in [5.41, 5.74) is 24.2. The maximum Gasteiger partial charge on any atom is 0.186 e. The van der Waals surface area contributed by atoms with Gasteiger partial charge in [0, 0.05) is 24.7 Å². The van der Waals surface area contributed by atoms with Crippen LogP contribution in [0, 0.1) is 5.92 Å². The summed E-state index contributed by atoms with van der Waals surface area (Å²) >= 11 is 0. The number of ether oxygens (including phenoxy) is 4. The summed E-state index contributed by atoms with van der Waals surface area (Å²) in [5.74, 6) is 0.382. The third-order valence-electron chi connectivity index (χ3n) is 9.16. The van der Waals surface area contributed by atoms with E-state index >= 15 is 0 Å². The van der Waals surface area contributed by atoms with Crippen LogP contribution < -0.4 is 33.6 Å². The summed E-state index contributed by atoms with van der Waals surface area (Å²) in [4.78, 5) is 0. The number of aliphatic hydroxyl groups is 7. The highest BCUT2D eigenvalue weighted by Gasteiger charge is 2.51. The van der Waals surface area contributed by atoms with Crippen LogP contribution in [0.4, 0.5) is 0 Å². The lowest BCUT2D eigenvalue weighted by Gasteiger charge is -2.49. The van der Waals surface area contributed by atoms with Crippen molar-refractivity contribution in [2.45, 2.75) is 123 Å². The molecule has 2 aliphatic heterocycles. The summed E-state index contributed by atoms with van der Waals surface area (Å²) in [6.45, 7) is -0.763.